The number of likely N-dealkylation sites (tertiary alicyclic amines) is 1. The van der Waals surface area contributed by atoms with E-state index in [1.807, 2.05) is 48.4 Å². The fourth-order valence-electron chi connectivity index (χ4n) is 4.73. The Kier molecular flexibility index (Phi) is 7.64. The van der Waals surface area contributed by atoms with Crippen molar-refractivity contribution in [2.75, 3.05) is 26.8 Å². The summed E-state index contributed by atoms with van der Waals surface area (Å²) in [6, 6.07) is 7.56. The van der Waals surface area contributed by atoms with Gasteiger partial charge in [0.15, 0.2) is 5.17 Å². The molecule has 0 saturated carbocycles. The maximum atomic E-state index is 13.3. The van der Waals surface area contributed by atoms with Crippen LogP contribution in [-0.2, 0) is 23.9 Å². The second-order valence-corrected chi connectivity index (χ2v) is 9.74. The molecule has 1 fully saturated rings. The quantitative estimate of drug-likeness (QED) is 0.550. The fourth-order valence-corrected chi connectivity index (χ4v) is 5.69. The number of ether oxygens (including phenoxy) is 2. The van der Waals surface area contributed by atoms with Crippen molar-refractivity contribution in [2.45, 2.75) is 46.1 Å². The molecule has 1 saturated heterocycles. The molecule has 3 heterocycles. The van der Waals surface area contributed by atoms with Crippen LogP contribution in [0.5, 0.6) is 0 Å². The van der Waals surface area contributed by atoms with Gasteiger partial charge in [-0.2, -0.15) is 0 Å². The lowest BCUT2D eigenvalue weighted by Gasteiger charge is -2.37. The Morgan fingerprint density at radius 1 is 1.17 bits per heavy atom. The number of aliphatic imine (C=N–C) groups is 1. The van der Waals surface area contributed by atoms with Gasteiger partial charge in [0.2, 0.25) is 5.91 Å². The summed E-state index contributed by atoms with van der Waals surface area (Å²) in [6.45, 7) is 6.93. The molecule has 1 aromatic rings. The number of piperidine rings is 1. The molecule has 35 heavy (non-hydrogen) atoms. The van der Waals surface area contributed by atoms with Crippen molar-refractivity contribution < 1.29 is 23.9 Å². The number of benzene rings is 1. The van der Waals surface area contributed by atoms with Crippen molar-refractivity contribution in [3.05, 3.63) is 57.8 Å². The van der Waals surface area contributed by atoms with Crippen LogP contribution in [-0.4, -0.2) is 59.6 Å². The highest BCUT2D eigenvalue weighted by atomic mass is 32.2. The summed E-state index contributed by atoms with van der Waals surface area (Å²) in [5.74, 6) is -1.02. The number of fused-ring (bicyclic) bond motifs is 1. The standard InChI is InChI=1S/C26H31N3O5S/c1-5-34-24(31)19-7-6-12-28(14-19)21(30)13-20-15-35-26-27-17(3)22(25(32)33-4)23(29(20)26)18-10-8-16(2)9-11-18/h8-11,15,19,23H,5-7,12-14H2,1-4H3. The van der Waals surface area contributed by atoms with Gasteiger partial charge in [-0.15, -0.1) is 0 Å². The van der Waals surface area contributed by atoms with Gasteiger partial charge in [0.25, 0.3) is 0 Å². The summed E-state index contributed by atoms with van der Waals surface area (Å²) in [6.07, 6.45) is 1.64. The minimum atomic E-state index is -0.446. The van der Waals surface area contributed by atoms with Gasteiger partial charge in [0.05, 0.1) is 43.4 Å². The van der Waals surface area contributed by atoms with Crippen LogP contribution in [0.15, 0.2) is 51.6 Å². The number of amides is 1. The fraction of sp³-hybridized carbons (Fsp3) is 0.462. The Morgan fingerprint density at radius 2 is 1.91 bits per heavy atom. The molecular formula is C26H31N3O5S. The van der Waals surface area contributed by atoms with Gasteiger partial charge in [-0.3, -0.25) is 9.59 Å². The highest BCUT2D eigenvalue weighted by Gasteiger charge is 2.41. The third kappa shape index (κ3) is 5.15. The summed E-state index contributed by atoms with van der Waals surface area (Å²) >= 11 is 1.44. The monoisotopic (exact) mass is 497 g/mol. The van der Waals surface area contributed by atoms with Crippen LogP contribution in [0.3, 0.4) is 0 Å². The van der Waals surface area contributed by atoms with E-state index in [0.717, 1.165) is 34.8 Å². The molecule has 0 bridgehead atoms. The Hall–Kier alpha value is -3.07. The molecule has 4 rings (SSSR count). The summed E-state index contributed by atoms with van der Waals surface area (Å²) in [5.41, 5.74) is 3.87. The summed E-state index contributed by atoms with van der Waals surface area (Å²) in [5, 5.41) is 2.66. The van der Waals surface area contributed by atoms with Gasteiger partial charge in [0, 0.05) is 18.8 Å². The minimum absolute atomic E-state index is 0.0550. The first kappa shape index (κ1) is 25.0. The van der Waals surface area contributed by atoms with E-state index in [1.54, 1.807) is 11.8 Å². The zero-order chi connectivity index (χ0) is 25.1. The van der Waals surface area contributed by atoms with E-state index in [9.17, 15) is 14.4 Å². The predicted octanol–water partition coefficient (Wildman–Crippen LogP) is 3.93. The number of aryl methyl sites for hydroxylation is 1. The van der Waals surface area contributed by atoms with Crippen LogP contribution in [0.4, 0.5) is 0 Å². The number of carbonyl (C=O) groups is 3. The van der Waals surface area contributed by atoms with E-state index in [0.29, 0.717) is 31.0 Å². The molecule has 1 amide bonds. The molecule has 0 radical (unpaired) electrons. The number of methoxy groups -OCH3 is 1. The maximum Gasteiger partial charge on any atom is 0.338 e. The molecule has 0 N–H and O–H groups in total. The Morgan fingerprint density at radius 3 is 2.60 bits per heavy atom. The molecule has 0 aromatic heterocycles. The van der Waals surface area contributed by atoms with Crippen LogP contribution in [0.1, 0.15) is 50.3 Å². The molecule has 3 aliphatic heterocycles. The molecular weight excluding hydrogens is 466 g/mol. The number of esters is 2. The van der Waals surface area contributed by atoms with Crippen molar-refractivity contribution in [1.82, 2.24) is 9.80 Å². The number of thioether (sulfide) groups is 1. The van der Waals surface area contributed by atoms with Crippen molar-refractivity contribution in [3.63, 3.8) is 0 Å². The SMILES string of the molecule is CCOC(=O)C1CCCN(C(=O)CC2=CSC3=NC(C)=C(C(=O)OC)C(c4ccc(C)cc4)N23)C1. The lowest BCUT2D eigenvalue weighted by atomic mass is 9.93. The molecule has 0 spiro atoms. The zero-order valence-electron chi connectivity index (χ0n) is 20.6. The van der Waals surface area contributed by atoms with E-state index in [-0.39, 0.29) is 24.2 Å². The summed E-state index contributed by atoms with van der Waals surface area (Å²) in [4.78, 5) is 46.8. The second-order valence-electron chi connectivity index (χ2n) is 8.90. The average Bonchev–Trinajstić information content (AvgIpc) is 3.25. The molecule has 0 aliphatic carbocycles. The minimum Gasteiger partial charge on any atom is -0.466 e. The highest BCUT2D eigenvalue weighted by molar-refractivity contribution is 8.16. The molecule has 1 aromatic carbocycles. The van der Waals surface area contributed by atoms with Gasteiger partial charge in [0.1, 0.15) is 0 Å². The van der Waals surface area contributed by atoms with E-state index < -0.39 is 12.0 Å². The predicted molar refractivity (Wildman–Crippen MR) is 134 cm³/mol. The molecule has 2 unspecified atom stereocenters. The summed E-state index contributed by atoms with van der Waals surface area (Å²) < 4.78 is 10.3. The van der Waals surface area contributed by atoms with Gasteiger partial charge in [-0.25, -0.2) is 9.79 Å². The first-order valence-corrected chi connectivity index (χ1v) is 12.8. The van der Waals surface area contributed by atoms with Crippen molar-refractivity contribution >= 4 is 34.8 Å². The molecule has 3 aliphatic rings. The molecule has 9 heteroatoms. The Balaban J connectivity index is 1.59. The Labute approximate surface area is 210 Å². The molecule has 2 atom stereocenters. The van der Waals surface area contributed by atoms with Crippen molar-refractivity contribution in [3.8, 4) is 0 Å². The smallest absolute Gasteiger partial charge is 0.338 e. The topological polar surface area (TPSA) is 88.5 Å². The molecule has 186 valence electrons. The first-order valence-electron chi connectivity index (χ1n) is 11.9. The highest BCUT2D eigenvalue weighted by Crippen LogP contribution is 2.45. The van der Waals surface area contributed by atoms with E-state index in [1.165, 1.54) is 18.9 Å². The normalized spacial score (nSPS) is 21.8. The van der Waals surface area contributed by atoms with Crippen molar-refractivity contribution in [1.29, 1.82) is 0 Å². The van der Waals surface area contributed by atoms with Gasteiger partial charge in [-0.05, 0) is 44.6 Å². The van der Waals surface area contributed by atoms with Gasteiger partial charge in [-0.1, -0.05) is 41.6 Å². The third-order valence-electron chi connectivity index (χ3n) is 6.53. The largest absolute Gasteiger partial charge is 0.466 e. The number of rotatable bonds is 6. The van der Waals surface area contributed by atoms with E-state index >= 15 is 0 Å². The van der Waals surface area contributed by atoms with Crippen LogP contribution in [0, 0.1) is 12.8 Å². The number of hydrogen-bond donors (Lipinski definition) is 0. The maximum absolute atomic E-state index is 13.3. The van der Waals surface area contributed by atoms with Gasteiger partial charge < -0.3 is 19.3 Å². The number of nitrogens with zero attached hydrogens (tertiary/aromatic N) is 3. The van der Waals surface area contributed by atoms with Crippen LogP contribution < -0.4 is 0 Å². The number of hydrogen-bond acceptors (Lipinski definition) is 8. The van der Waals surface area contributed by atoms with E-state index in [2.05, 4.69) is 4.99 Å². The lowest BCUT2D eigenvalue weighted by Crippen LogP contribution is -2.44. The zero-order valence-corrected chi connectivity index (χ0v) is 21.4. The lowest BCUT2D eigenvalue weighted by molar-refractivity contribution is -0.151. The number of amidine groups is 1. The molecule has 8 nitrogen and oxygen atoms in total. The van der Waals surface area contributed by atoms with Crippen LogP contribution in [0.25, 0.3) is 0 Å². The first-order chi connectivity index (χ1) is 16.8. The van der Waals surface area contributed by atoms with E-state index in [4.69, 9.17) is 9.47 Å². The summed E-state index contributed by atoms with van der Waals surface area (Å²) in [7, 11) is 1.36. The average molecular weight is 498 g/mol. The van der Waals surface area contributed by atoms with Gasteiger partial charge >= 0.3 is 11.9 Å². The van der Waals surface area contributed by atoms with Crippen molar-refractivity contribution in [2.24, 2.45) is 10.9 Å². The van der Waals surface area contributed by atoms with Crippen LogP contribution in [0.2, 0.25) is 0 Å². The van der Waals surface area contributed by atoms with Crippen LogP contribution >= 0.6 is 11.8 Å². The number of allylic oxidation sites excluding steroid dienone is 1. The second kappa shape index (κ2) is 10.7. The Bertz CT molecular complexity index is 1110. The third-order valence-corrected chi connectivity index (χ3v) is 7.41. The number of carbonyl (C=O) groups excluding carboxylic acids is 3.